The van der Waals surface area contributed by atoms with Crippen LogP contribution in [0.2, 0.25) is 0 Å². The first-order valence-corrected chi connectivity index (χ1v) is 11.1. The summed E-state index contributed by atoms with van der Waals surface area (Å²) in [5.74, 6) is 1.48. The molecule has 2 unspecified atom stereocenters. The largest absolute Gasteiger partial charge is 0.497 e. The number of rotatable bonds is 6. The van der Waals surface area contributed by atoms with Gasteiger partial charge in [-0.25, -0.2) is 4.98 Å². The van der Waals surface area contributed by atoms with Gasteiger partial charge in [-0.2, -0.15) is 0 Å². The van der Waals surface area contributed by atoms with Crippen molar-refractivity contribution in [1.82, 2.24) is 4.98 Å². The Balaban J connectivity index is 1.44. The molecule has 2 atom stereocenters. The highest BCUT2D eigenvalue weighted by Crippen LogP contribution is 2.56. The van der Waals surface area contributed by atoms with Crippen LogP contribution in [0.25, 0.3) is 11.3 Å². The quantitative estimate of drug-likeness (QED) is 0.391. The Morgan fingerprint density at radius 2 is 1.61 bits per heavy atom. The van der Waals surface area contributed by atoms with E-state index < -0.39 is 0 Å². The van der Waals surface area contributed by atoms with Crippen LogP contribution in [0.5, 0.6) is 5.75 Å². The summed E-state index contributed by atoms with van der Waals surface area (Å²) in [4.78, 5) is 17.9. The minimum absolute atomic E-state index is 0.148. The number of benzene rings is 3. The van der Waals surface area contributed by atoms with Gasteiger partial charge in [0, 0.05) is 17.0 Å². The molecule has 5 rings (SSSR count). The highest BCUT2D eigenvalue weighted by atomic mass is 32.1. The van der Waals surface area contributed by atoms with Crippen LogP contribution in [-0.2, 0) is 0 Å². The molecule has 1 fully saturated rings. The number of thiazole rings is 1. The number of hydrogen-bond donors (Lipinski definition) is 1. The number of aromatic nitrogens is 1. The Morgan fingerprint density at radius 3 is 2.29 bits per heavy atom. The molecule has 0 bridgehead atoms. The summed E-state index contributed by atoms with van der Waals surface area (Å²) in [5.41, 5.74) is 3.78. The zero-order chi connectivity index (χ0) is 21.2. The van der Waals surface area contributed by atoms with Gasteiger partial charge in [-0.15, -0.1) is 11.3 Å². The number of nitrogens with zero attached hydrogens (tertiary/aromatic N) is 1. The molecule has 0 aliphatic heterocycles. The smallest absolute Gasteiger partial charge is 0.256 e. The molecule has 5 heteroatoms. The predicted molar refractivity (Wildman–Crippen MR) is 125 cm³/mol. The number of carbonyl (C=O) groups excluding carboxylic acids is 1. The summed E-state index contributed by atoms with van der Waals surface area (Å²) in [7, 11) is 1.61. The second-order valence-electron chi connectivity index (χ2n) is 7.64. The molecule has 0 radical (unpaired) electrons. The zero-order valence-corrected chi connectivity index (χ0v) is 17.9. The molecule has 3 aromatic carbocycles. The third kappa shape index (κ3) is 4.09. The van der Waals surface area contributed by atoms with E-state index in [1.54, 1.807) is 42.7 Å². The van der Waals surface area contributed by atoms with Gasteiger partial charge >= 0.3 is 0 Å². The Hall–Kier alpha value is -3.44. The van der Waals surface area contributed by atoms with Gasteiger partial charge in [0.25, 0.3) is 5.91 Å². The first kappa shape index (κ1) is 19.5. The molecule has 31 heavy (non-hydrogen) atoms. The van der Waals surface area contributed by atoms with Gasteiger partial charge in [-0.1, -0.05) is 60.7 Å². The molecule has 1 aromatic heterocycles. The number of nitrogens with one attached hydrogen (secondary N) is 1. The minimum atomic E-state index is -0.148. The normalized spacial score (nSPS) is 17.2. The average Bonchev–Trinajstić information content (AvgIpc) is 3.53. The maximum absolute atomic E-state index is 12.9. The van der Waals surface area contributed by atoms with E-state index >= 15 is 0 Å². The first-order chi connectivity index (χ1) is 15.2. The van der Waals surface area contributed by atoms with Gasteiger partial charge in [-0.05, 0) is 42.2 Å². The second-order valence-corrected chi connectivity index (χ2v) is 8.67. The van der Waals surface area contributed by atoms with Crippen molar-refractivity contribution in [3.05, 3.63) is 101 Å². The molecule has 4 aromatic rings. The highest BCUT2D eigenvalue weighted by Gasteiger charge is 2.42. The van der Waals surface area contributed by atoms with Gasteiger partial charge in [0.2, 0.25) is 0 Å². The van der Waals surface area contributed by atoms with E-state index in [1.165, 1.54) is 5.56 Å². The van der Waals surface area contributed by atoms with Crippen molar-refractivity contribution in [3.63, 3.8) is 0 Å². The van der Waals surface area contributed by atoms with E-state index in [0.717, 1.165) is 33.4 Å². The SMILES string of the molecule is COc1ccc(C(=O)Nc2sc(C3CC3c3ccccc3)nc2-c2ccccc2)cc1. The summed E-state index contributed by atoms with van der Waals surface area (Å²) in [6, 6.07) is 27.7. The third-order valence-electron chi connectivity index (χ3n) is 5.61. The van der Waals surface area contributed by atoms with Gasteiger partial charge in [-0.3, -0.25) is 4.79 Å². The molecule has 0 spiro atoms. The summed E-state index contributed by atoms with van der Waals surface area (Å²) in [6.07, 6.45) is 1.09. The molecule has 0 saturated heterocycles. The lowest BCUT2D eigenvalue weighted by molar-refractivity contribution is 0.102. The van der Waals surface area contributed by atoms with Crippen LogP contribution >= 0.6 is 11.3 Å². The maximum Gasteiger partial charge on any atom is 0.256 e. The molecule has 1 aliphatic carbocycles. The Morgan fingerprint density at radius 1 is 0.935 bits per heavy atom. The number of amides is 1. The van der Waals surface area contributed by atoms with Crippen molar-refractivity contribution >= 4 is 22.2 Å². The van der Waals surface area contributed by atoms with E-state index in [9.17, 15) is 4.79 Å². The fourth-order valence-corrected chi connectivity index (χ4v) is 4.99. The lowest BCUT2D eigenvalue weighted by Gasteiger charge is -2.06. The topological polar surface area (TPSA) is 51.2 Å². The van der Waals surface area contributed by atoms with Crippen LogP contribution in [-0.4, -0.2) is 18.0 Å². The fraction of sp³-hybridized carbons (Fsp3) is 0.154. The lowest BCUT2D eigenvalue weighted by Crippen LogP contribution is -2.11. The number of hydrogen-bond acceptors (Lipinski definition) is 4. The number of ether oxygens (including phenoxy) is 1. The average molecular weight is 427 g/mol. The third-order valence-corrected chi connectivity index (χ3v) is 6.71. The lowest BCUT2D eigenvalue weighted by atomic mass is 10.1. The standard InChI is InChI=1S/C26H22N2O2S/c1-30-20-14-12-19(13-15-20)24(29)28-26-23(18-10-6-3-7-11-18)27-25(31-26)22-16-21(22)17-8-4-2-5-9-17/h2-15,21-22H,16H2,1H3,(H,28,29). The fourth-order valence-electron chi connectivity index (χ4n) is 3.83. The van der Waals surface area contributed by atoms with Gasteiger partial charge in [0.15, 0.2) is 0 Å². The van der Waals surface area contributed by atoms with Crippen molar-refractivity contribution in [2.45, 2.75) is 18.3 Å². The van der Waals surface area contributed by atoms with Crippen molar-refractivity contribution in [1.29, 1.82) is 0 Å². The molecular weight excluding hydrogens is 404 g/mol. The van der Waals surface area contributed by atoms with Crippen LogP contribution in [0, 0.1) is 0 Å². The van der Waals surface area contributed by atoms with Crippen molar-refractivity contribution in [2.75, 3.05) is 12.4 Å². The Labute approximate surface area is 185 Å². The molecular formula is C26H22N2O2S. The van der Waals surface area contributed by atoms with Crippen molar-refractivity contribution in [2.24, 2.45) is 0 Å². The van der Waals surface area contributed by atoms with E-state index in [-0.39, 0.29) is 5.91 Å². The highest BCUT2D eigenvalue weighted by molar-refractivity contribution is 7.16. The number of carbonyl (C=O) groups is 1. The molecule has 1 amide bonds. The van der Waals surface area contributed by atoms with Crippen LogP contribution < -0.4 is 10.1 Å². The minimum Gasteiger partial charge on any atom is -0.497 e. The molecule has 1 saturated carbocycles. The van der Waals surface area contributed by atoms with Crippen LogP contribution in [0.3, 0.4) is 0 Å². The van der Waals surface area contributed by atoms with E-state index in [4.69, 9.17) is 9.72 Å². The van der Waals surface area contributed by atoms with Crippen molar-refractivity contribution in [3.8, 4) is 17.0 Å². The predicted octanol–water partition coefficient (Wildman–Crippen LogP) is 6.34. The number of methoxy groups -OCH3 is 1. The monoisotopic (exact) mass is 426 g/mol. The molecule has 154 valence electrons. The van der Waals surface area contributed by atoms with Crippen LogP contribution in [0.4, 0.5) is 5.00 Å². The van der Waals surface area contributed by atoms with Gasteiger partial charge in [0.05, 0.1) is 12.1 Å². The summed E-state index contributed by atoms with van der Waals surface area (Å²) >= 11 is 1.59. The number of anilines is 1. The summed E-state index contributed by atoms with van der Waals surface area (Å²) in [5, 5.41) is 4.97. The van der Waals surface area contributed by atoms with Crippen LogP contribution in [0.1, 0.15) is 39.2 Å². The second kappa shape index (κ2) is 8.36. The summed E-state index contributed by atoms with van der Waals surface area (Å²) < 4.78 is 5.19. The van der Waals surface area contributed by atoms with E-state index in [1.807, 2.05) is 36.4 Å². The Bertz CT molecular complexity index is 1190. The van der Waals surface area contributed by atoms with Gasteiger partial charge in [0.1, 0.15) is 16.4 Å². The maximum atomic E-state index is 12.9. The first-order valence-electron chi connectivity index (χ1n) is 10.3. The van der Waals surface area contributed by atoms with E-state index in [0.29, 0.717) is 17.4 Å². The van der Waals surface area contributed by atoms with Crippen LogP contribution in [0.15, 0.2) is 84.9 Å². The van der Waals surface area contributed by atoms with Crippen molar-refractivity contribution < 1.29 is 9.53 Å². The molecule has 1 heterocycles. The summed E-state index contributed by atoms with van der Waals surface area (Å²) in [6.45, 7) is 0. The van der Waals surface area contributed by atoms with E-state index in [2.05, 4.69) is 29.6 Å². The molecule has 4 nitrogen and oxygen atoms in total. The van der Waals surface area contributed by atoms with Gasteiger partial charge < -0.3 is 10.1 Å². The molecule has 1 N–H and O–H groups in total. The zero-order valence-electron chi connectivity index (χ0n) is 17.1. The Kier molecular flexibility index (Phi) is 5.26. The molecule has 1 aliphatic rings.